The lowest BCUT2D eigenvalue weighted by molar-refractivity contribution is -0.0299. The van der Waals surface area contributed by atoms with E-state index in [2.05, 4.69) is 38.9 Å². The quantitative estimate of drug-likeness (QED) is 0.571. The number of aromatic nitrogens is 3. The predicted octanol–water partition coefficient (Wildman–Crippen LogP) is 1.52. The highest BCUT2D eigenvalue weighted by Crippen LogP contribution is 2.28. The van der Waals surface area contributed by atoms with Crippen molar-refractivity contribution in [2.24, 2.45) is 5.92 Å². The lowest BCUT2D eigenvalue weighted by Gasteiger charge is -2.29. The topological polar surface area (TPSA) is 96.3 Å². The van der Waals surface area contributed by atoms with Crippen LogP contribution in [0.1, 0.15) is 22.1 Å². The Morgan fingerprint density at radius 1 is 1.12 bits per heavy atom. The minimum absolute atomic E-state index is 0.0628. The highest BCUT2D eigenvalue weighted by molar-refractivity contribution is 5.93. The predicted molar refractivity (Wildman–Crippen MR) is 127 cm³/mol. The van der Waals surface area contributed by atoms with E-state index in [4.69, 9.17) is 14.5 Å². The van der Waals surface area contributed by atoms with E-state index in [1.54, 1.807) is 10.6 Å². The van der Waals surface area contributed by atoms with Gasteiger partial charge in [0.25, 0.3) is 5.91 Å². The normalized spacial score (nSPS) is 20.6. The Hall–Kier alpha value is -3.47. The van der Waals surface area contributed by atoms with E-state index in [1.165, 1.54) is 5.56 Å². The summed E-state index contributed by atoms with van der Waals surface area (Å²) in [5.74, 6) is 1.80. The number of hydrazine groups is 1. The minimum Gasteiger partial charge on any atom is -0.381 e. The average Bonchev–Trinajstić information content (AvgIpc) is 3.51. The Morgan fingerprint density at radius 3 is 2.71 bits per heavy atom. The molecule has 0 radical (unpaired) electrons. The summed E-state index contributed by atoms with van der Waals surface area (Å²) in [5, 5.41) is 9.50. The largest absolute Gasteiger partial charge is 0.381 e. The van der Waals surface area contributed by atoms with Crippen LogP contribution in [0, 0.1) is 5.92 Å². The summed E-state index contributed by atoms with van der Waals surface area (Å²) in [6.07, 6.45) is 4.10. The average molecular weight is 462 g/mol. The van der Waals surface area contributed by atoms with Gasteiger partial charge in [-0.3, -0.25) is 9.80 Å². The van der Waals surface area contributed by atoms with Crippen LogP contribution in [0.4, 0.5) is 11.6 Å². The van der Waals surface area contributed by atoms with Gasteiger partial charge in [0.05, 0.1) is 32.5 Å². The Bertz CT molecular complexity index is 1200. The van der Waals surface area contributed by atoms with Gasteiger partial charge in [0.15, 0.2) is 17.2 Å². The number of anilines is 2. The van der Waals surface area contributed by atoms with Crippen LogP contribution >= 0.6 is 0 Å². The van der Waals surface area contributed by atoms with E-state index in [9.17, 15) is 4.79 Å². The summed E-state index contributed by atoms with van der Waals surface area (Å²) in [7, 11) is 0. The van der Waals surface area contributed by atoms with Gasteiger partial charge in [0.1, 0.15) is 5.82 Å². The second kappa shape index (κ2) is 9.05. The van der Waals surface area contributed by atoms with Gasteiger partial charge < -0.3 is 19.7 Å². The number of nitrogens with zero attached hydrogens (tertiary/aromatic N) is 5. The highest BCUT2D eigenvalue weighted by Gasteiger charge is 2.25. The minimum atomic E-state index is -0.199. The molecule has 2 fully saturated rings. The van der Waals surface area contributed by atoms with Gasteiger partial charge in [-0.1, -0.05) is 30.3 Å². The maximum Gasteiger partial charge on any atom is 0.271 e. The van der Waals surface area contributed by atoms with Crippen LogP contribution in [-0.4, -0.2) is 66.6 Å². The van der Waals surface area contributed by atoms with Crippen molar-refractivity contribution in [3.8, 4) is 0 Å². The van der Waals surface area contributed by atoms with E-state index in [1.807, 2.05) is 35.5 Å². The van der Waals surface area contributed by atoms with Crippen LogP contribution in [0.15, 0.2) is 54.7 Å². The van der Waals surface area contributed by atoms with Crippen molar-refractivity contribution in [1.29, 1.82) is 0 Å². The van der Waals surface area contributed by atoms with Crippen molar-refractivity contribution in [3.05, 3.63) is 66.0 Å². The Morgan fingerprint density at radius 2 is 1.94 bits per heavy atom. The second-order valence-electron chi connectivity index (χ2n) is 8.71. The zero-order valence-electron chi connectivity index (χ0n) is 18.8. The van der Waals surface area contributed by atoms with Crippen molar-refractivity contribution < 1.29 is 14.3 Å². The maximum absolute atomic E-state index is 12.8. The van der Waals surface area contributed by atoms with E-state index >= 15 is 0 Å². The highest BCUT2D eigenvalue weighted by atomic mass is 16.5. The number of fused-ring (bicyclic) bond motifs is 1. The van der Waals surface area contributed by atoms with Gasteiger partial charge >= 0.3 is 0 Å². The Labute approximate surface area is 197 Å². The molecule has 5 heterocycles. The van der Waals surface area contributed by atoms with Gasteiger partial charge in [0, 0.05) is 43.9 Å². The molecule has 6 rings (SSSR count). The third kappa shape index (κ3) is 4.11. The fourth-order valence-corrected chi connectivity index (χ4v) is 4.32. The monoisotopic (exact) mass is 461 g/mol. The van der Waals surface area contributed by atoms with Crippen LogP contribution in [0.25, 0.3) is 5.65 Å². The molecule has 2 N–H and O–H groups in total. The molecule has 0 saturated carbocycles. The molecule has 10 heteroatoms. The van der Waals surface area contributed by atoms with Crippen molar-refractivity contribution in [3.63, 3.8) is 0 Å². The molecule has 1 aromatic carbocycles. The summed E-state index contributed by atoms with van der Waals surface area (Å²) in [6.45, 7) is 4.76. The zero-order chi connectivity index (χ0) is 22.9. The molecular weight excluding hydrogens is 434 g/mol. The van der Waals surface area contributed by atoms with Gasteiger partial charge in [0.2, 0.25) is 0 Å². The van der Waals surface area contributed by atoms with Gasteiger partial charge in [-0.2, -0.15) is 9.61 Å². The molecule has 34 heavy (non-hydrogen) atoms. The third-order valence-electron chi connectivity index (χ3n) is 6.33. The number of benzene rings is 1. The maximum atomic E-state index is 12.8. The molecule has 0 bridgehead atoms. The zero-order valence-corrected chi connectivity index (χ0v) is 18.8. The first-order valence-corrected chi connectivity index (χ1v) is 11.6. The number of carbonyl (C=O) groups excluding carboxylic acids is 1. The SMILES string of the molecule is O=C(NCC1COC1)c1cc2nc(N3C=CC(c4ccccc4)N3)cc(N3CCOCC3)n2n1. The van der Waals surface area contributed by atoms with Crippen LogP contribution in [0.2, 0.25) is 0 Å². The van der Waals surface area contributed by atoms with Crippen molar-refractivity contribution in [2.75, 3.05) is 56.0 Å². The number of nitrogens with one attached hydrogen (secondary N) is 2. The van der Waals surface area contributed by atoms with Gasteiger partial charge in [-0.25, -0.2) is 10.4 Å². The van der Waals surface area contributed by atoms with Crippen LogP contribution in [0.5, 0.6) is 0 Å². The third-order valence-corrected chi connectivity index (χ3v) is 6.33. The molecule has 1 amide bonds. The molecule has 0 spiro atoms. The van der Waals surface area contributed by atoms with Crippen LogP contribution < -0.4 is 20.7 Å². The molecule has 3 aromatic rings. The molecule has 1 atom stereocenters. The summed E-state index contributed by atoms with van der Waals surface area (Å²) < 4.78 is 12.5. The summed E-state index contributed by atoms with van der Waals surface area (Å²) >= 11 is 0. The smallest absolute Gasteiger partial charge is 0.271 e. The lowest BCUT2D eigenvalue weighted by Crippen LogP contribution is -2.39. The molecule has 10 nitrogen and oxygen atoms in total. The first-order chi connectivity index (χ1) is 16.7. The Kier molecular flexibility index (Phi) is 5.61. The first kappa shape index (κ1) is 21.1. The summed E-state index contributed by atoms with van der Waals surface area (Å²) in [6, 6.07) is 14.1. The van der Waals surface area contributed by atoms with Gasteiger partial charge in [-0.05, 0) is 11.6 Å². The number of rotatable bonds is 6. The molecule has 2 saturated heterocycles. The molecular formula is C24H27N7O3. The van der Waals surface area contributed by atoms with E-state index in [-0.39, 0.29) is 11.9 Å². The molecule has 0 aliphatic carbocycles. The van der Waals surface area contributed by atoms with Crippen LogP contribution in [-0.2, 0) is 9.47 Å². The Balaban J connectivity index is 1.30. The molecule has 1 unspecified atom stereocenters. The number of hydrogen-bond acceptors (Lipinski definition) is 8. The van der Waals surface area contributed by atoms with Crippen LogP contribution in [0.3, 0.4) is 0 Å². The number of morpholine rings is 1. The van der Waals surface area contributed by atoms with Crippen molar-refractivity contribution in [2.45, 2.75) is 6.04 Å². The fourth-order valence-electron chi connectivity index (χ4n) is 4.32. The number of carbonyl (C=O) groups is 1. The number of amides is 1. The van der Waals surface area contributed by atoms with E-state index in [0.717, 1.165) is 24.7 Å². The number of hydrogen-bond donors (Lipinski definition) is 2. The standard InChI is InChI=1S/C24H27N7O3/c32-24(25-14-17-15-34-16-17)20-12-22-26-21(13-23(31(22)28-20)29-8-10-33-11-9-29)30-7-6-19(27-30)18-4-2-1-3-5-18/h1-7,12-13,17,19,27H,8-11,14-16H2,(H,25,32). The van der Waals surface area contributed by atoms with E-state index in [0.29, 0.717) is 50.2 Å². The summed E-state index contributed by atoms with van der Waals surface area (Å²) in [4.78, 5) is 19.8. The summed E-state index contributed by atoms with van der Waals surface area (Å²) in [5.41, 5.74) is 5.64. The van der Waals surface area contributed by atoms with E-state index < -0.39 is 0 Å². The first-order valence-electron chi connectivity index (χ1n) is 11.6. The number of ether oxygens (including phenoxy) is 2. The molecule has 3 aliphatic heterocycles. The molecule has 3 aliphatic rings. The van der Waals surface area contributed by atoms with Gasteiger partial charge in [-0.15, -0.1) is 0 Å². The lowest BCUT2D eigenvalue weighted by atomic mass is 10.1. The molecule has 176 valence electrons. The van der Waals surface area contributed by atoms with Crippen molar-refractivity contribution >= 4 is 23.2 Å². The second-order valence-corrected chi connectivity index (χ2v) is 8.71. The van der Waals surface area contributed by atoms with Crippen molar-refractivity contribution in [1.82, 2.24) is 25.3 Å². The fraction of sp³-hybridized carbons (Fsp3) is 0.375. The molecule has 2 aromatic heterocycles.